The van der Waals surface area contributed by atoms with E-state index in [1.165, 1.54) is 13.2 Å². The lowest BCUT2D eigenvalue weighted by molar-refractivity contribution is -0.136. The molecule has 0 spiro atoms. The van der Waals surface area contributed by atoms with E-state index in [4.69, 9.17) is 21.4 Å². The molecule has 1 heterocycles. The lowest BCUT2D eigenvalue weighted by Crippen LogP contribution is -2.07. The number of hydrogen-bond acceptors (Lipinski definition) is 3. The molecule has 7 heteroatoms. The van der Waals surface area contributed by atoms with Crippen LogP contribution < -0.4 is 4.74 Å². The highest BCUT2D eigenvalue weighted by Crippen LogP contribution is 2.32. The maximum Gasteiger partial charge on any atom is 0.309 e. The summed E-state index contributed by atoms with van der Waals surface area (Å²) in [5.74, 6) is -1.55. The Morgan fingerprint density at radius 3 is 2.71 bits per heavy atom. The standard InChI is InChI=1S/C10H10ClF2NO3/c1-17-10-8(9(12)13)5(4-11)2-6(14-10)3-7(15)16/h2,9H,3-4H2,1H3,(H,15,16). The van der Waals surface area contributed by atoms with Crippen LogP contribution in [0.25, 0.3) is 0 Å². The second-order valence-electron chi connectivity index (χ2n) is 3.20. The van der Waals surface area contributed by atoms with Gasteiger partial charge in [0, 0.05) is 5.88 Å². The van der Waals surface area contributed by atoms with E-state index in [2.05, 4.69) is 4.98 Å². The number of rotatable bonds is 5. The fraction of sp³-hybridized carbons (Fsp3) is 0.400. The fourth-order valence-corrected chi connectivity index (χ4v) is 1.61. The Balaban J connectivity index is 3.28. The van der Waals surface area contributed by atoms with Crippen LogP contribution in [0.3, 0.4) is 0 Å². The number of alkyl halides is 3. The van der Waals surface area contributed by atoms with Gasteiger partial charge in [-0.3, -0.25) is 4.79 Å². The van der Waals surface area contributed by atoms with Crippen molar-refractivity contribution >= 4 is 17.6 Å². The van der Waals surface area contributed by atoms with Crippen LogP contribution in [0.4, 0.5) is 8.78 Å². The van der Waals surface area contributed by atoms with Gasteiger partial charge in [0.15, 0.2) is 0 Å². The minimum atomic E-state index is -2.77. The van der Waals surface area contributed by atoms with Gasteiger partial charge in [-0.05, 0) is 11.6 Å². The quantitative estimate of drug-likeness (QED) is 0.831. The smallest absolute Gasteiger partial charge is 0.309 e. The van der Waals surface area contributed by atoms with Crippen molar-refractivity contribution in [3.63, 3.8) is 0 Å². The lowest BCUT2D eigenvalue weighted by atomic mass is 10.1. The Morgan fingerprint density at radius 2 is 2.29 bits per heavy atom. The number of aromatic nitrogens is 1. The van der Waals surface area contributed by atoms with Crippen LogP contribution in [0.15, 0.2) is 6.07 Å². The van der Waals surface area contributed by atoms with Crippen LogP contribution in [0.1, 0.15) is 23.2 Å². The average molecular weight is 266 g/mol. The van der Waals surface area contributed by atoms with Gasteiger partial charge >= 0.3 is 5.97 Å². The van der Waals surface area contributed by atoms with Gasteiger partial charge in [-0.15, -0.1) is 11.6 Å². The van der Waals surface area contributed by atoms with E-state index in [1.54, 1.807) is 0 Å². The molecule has 1 rings (SSSR count). The van der Waals surface area contributed by atoms with Crippen LogP contribution in [0.5, 0.6) is 5.88 Å². The van der Waals surface area contributed by atoms with Crippen LogP contribution in [0, 0.1) is 0 Å². The van der Waals surface area contributed by atoms with E-state index in [1.807, 2.05) is 0 Å². The van der Waals surface area contributed by atoms with Crippen molar-refractivity contribution in [3.05, 3.63) is 22.9 Å². The second-order valence-corrected chi connectivity index (χ2v) is 3.47. The molecule has 0 bridgehead atoms. The van der Waals surface area contributed by atoms with E-state index >= 15 is 0 Å². The largest absolute Gasteiger partial charge is 0.481 e. The molecular weight excluding hydrogens is 256 g/mol. The van der Waals surface area contributed by atoms with E-state index in [0.29, 0.717) is 0 Å². The fourth-order valence-electron chi connectivity index (χ4n) is 1.38. The summed E-state index contributed by atoms with van der Waals surface area (Å²) in [6, 6.07) is 1.26. The van der Waals surface area contributed by atoms with Gasteiger partial charge in [-0.25, -0.2) is 13.8 Å². The molecule has 0 atom stereocenters. The number of pyridine rings is 1. The summed E-state index contributed by atoms with van der Waals surface area (Å²) in [7, 11) is 1.19. The first-order valence-corrected chi connectivity index (χ1v) is 5.15. The number of carboxylic acids is 1. The highest BCUT2D eigenvalue weighted by Gasteiger charge is 2.21. The summed E-state index contributed by atoms with van der Waals surface area (Å²) in [4.78, 5) is 14.2. The first-order valence-electron chi connectivity index (χ1n) is 4.62. The highest BCUT2D eigenvalue weighted by atomic mass is 35.5. The summed E-state index contributed by atoms with van der Waals surface area (Å²) in [6.45, 7) is 0. The number of methoxy groups -OCH3 is 1. The molecule has 0 saturated heterocycles. The molecule has 0 amide bonds. The number of aliphatic carboxylic acids is 1. The molecule has 0 aromatic carbocycles. The number of carboxylic acid groups (broad SMARTS) is 1. The molecule has 0 aliphatic carbocycles. The van der Waals surface area contributed by atoms with Crippen molar-refractivity contribution in [1.29, 1.82) is 0 Å². The van der Waals surface area contributed by atoms with Gasteiger partial charge in [0.1, 0.15) is 0 Å². The molecule has 94 valence electrons. The summed E-state index contributed by atoms with van der Waals surface area (Å²) in [5.41, 5.74) is -0.129. The van der Waals surface area contributed by atoms with Crippen molar-refractivity contribution in [2.45, 2.75) is 18.7 Å². The first kappa shape index (κ1) is 13.6. The number of hydrogen-bond donors (Lipinski definition) is 1. The molecule has 0 fully saturated rings. The van der Waals surface area contributed by atoms with E-state index in [-0.39, 0.29) is 29.4 Å². The number of halogens is 3. The monoisotopic (exact) mass is 265 g/mol. The first-order chi connectivity index (χ1) is 7.99. The van der Waals surface area contributed by atoms with E-state index in [0.717, 1.165) is 0 Å². The van der Waals surface area contributed by atoms with Crippen molar-refractivity contribution in [2.75, 3.05) is 7.11 Å². The minimum Gasteiger partial charge on any atom is -0.481 e. The van der Waals surface area contributed by atoms with Gasteiger partial charge in [-0.2, -0.15) is 0 Å². The number of nitrogens with zero attached hydrogens (tertiary/aromatic N) is 1. The maximum atomic E-state index is 12.8. The zero-order valence-electron chi connectivity index (χ0n) is 8.91. The lowest BCUT2D eigenvalue weighted by Gasteiger charge is -2.12. The zero-order chi connectivity index (χ0) is 13.0. The third-order valence-electron chi connectivity index (χ3n) is 2.05. The number of carbonyl (C=O) groups is 1. The Bertz CT molecular complexity index is 401. The van der Waals surface area contributed by atoms with E-state index < -0.39 is 18.0 Å². The molecule has 0 aliphatic heterocycles. The Morgan fingerprint density at radius 1 is 1.65 bits per heavy atom. The van der Waals surface area contributed by atoms with Crippen molar-refractivity contribution < 1.29 is 23.4 Å². The van der Waals surface area contributed by atoms with Gasteiger partial charge in [0.05, 0.1) is 24.8 Å². The topological polar surface area (TPSA) is 59.4 Å². The molecule has 0 radical (unpaired) electrons. The predicted molar refractivity (Wildman–Crippen MR) is 56.6 cm³/mol. The molecular formula is C10H10ClF2NO3. The van der Waals surface area contributed by atoms with Crippen molar-refractivity contribution in [1.82, 2.24) is 4.98 Å². The summed E-state index contributed by atoms with van der Waals surface area (Å²) in [6.07, 6.45) is -3.14. The van der Waals surface area contributed by atoms with Crippen LogP contribution in [-0.4, -0.2) is 23.2 Å². The Kier molecular flexibility index (Phi) is 4.62. The molecule has 1 aromatic heterocycles. The molecule has 1 N–H and O–H groups in total. The molecule has 0 saturated carbocycles. The minimum absolute atomic E-state index is 0.129. The average Bonchev–Trinajstić information content (AvgIpc) is 2.26. The summed E-state index contributed by atoms with van der Waals surface area (Å²) >= 11 is 5.55. The Labute approximate surface area is 101 Å². The molecule has 17 heavy (non-hydrogen) atoms. The third-order valence-corrected chi connectivity index (χ3v) is 2.34. The Hall–Kier alpha value is -1.43. The predicted octanol–water partition coefficient (Wildman–Crippen LogP) is 2.39. The maximum absolute atomic E-state index is 12.8. The normalized spacial score (nSPS) is 10.6. The van der Waals surface area contributed by atoms with Gasteiger partial charge < -0.3 is 9.84 Å². The third kappa shape index (κ3) is 3.26. The van der Waals surface area contributed by atoms with E-state index in [9.17, 15) is 13.6 Å². The SMILES string of the molecule is COc1nc(CC(=O)O)cc(CCl)c1C(F)F. The number of ether oxygens (including phenoxy) is 1. The van der Waals surface area contributed by atoms with Gasteiger partial charge in [0.2, 0.25) is 5.88 Å². The molecule has 0 aliphatic rings. The van der Waals surface area contributed by atoms with Crippen molar-refractivity contribution in [3.8, 4) is 5.88 Å². The molecule has 1 aromatic rings. The summed E-state index contributed by atoms with van der Waals surface area (Å²) in [5, 5.41) is 8.61. The molecule has 4 nitrogen and oxygen atoms in total. The van der Waals surface area contributed by atoms with Gasteiger partial charge in [0.25, 0.3) is 6.43 Å². The van der Waals surface area contributed by atoms with Crippen LogP contribution >= 0.6 is 11.6 Å². The second kappa shape index (κ2) is 5.77. The zero-order valence-corrected chi connectivity index (χ0v) is 9.67. The van der Waals surface area contributed by atoms with Gasteiger partial charge in [-0.1, -0.05) is 0 Å². The van der Waals surface area contributed by atoms with Crippen LogP contribution in [-0.2, 0) is 17.1 Å². The van der Waals surface area contributed by atoms with Crippen molar-refractivity contribution in [2.24, 2.45) is 0 Å². The molecule has 0 unspecified atom stereocenters. The van der Waals surface area contributed by atoms with Crippen LogP contribution in [0.2, 0.25) is 0 Å². The highest BCUT2D eigenvalue weighted by molar-refractivity contribution is 6.17. The summed E-state index contributed by atoms with van der Waals surface area (Å²) < 4.78 is 30.3.